The molecule has 33 nitrogen and oxygen atoms in total. The van der Waals surface area contributed by atoms with Crippen LogP contribution in [0, 0.1) is 0 Å². The van der Waals surface area contributed by atoms with Crippen molar-refractivity contribution in [1.82, 2.24) is 18.3 Å². The highest BCUT2D eigenvalue weighted by atomic mass is 35.5. The monoisotopic (exact) mass is 1390 g/mol. The number of hydrogen-bond donors (Lipinski definition) is 6. The first-order valence-electron chi connectivity index (χ1n) is 30.4. The van der Waals surface area contributed by atoms with Crippen LogP contribution in [0.2, 0.25) is 0 Å². The number of nitrogen functional groups attached to an aromatic ring is 1. The van der Waals surface area contributed by atoms with Gasteiger partial charge in [0.2, 0.25) is 0 Å². The number of ether oxygens (including phenoxy) is 10. The molecule has 10 atom stereocenters. The van der Waals surface area contributed by atoms with Crippen molar-refractivity contribution in [3.05, 3.63) is 160 Å². The molecule has 1 amide bonds. The second kappa shape index (κ2) is 41.3. The van der Waals surface area contributed by atoms with Gasteiger partial charge in [-0.25, -0.2) is 24.0 Å². The highest BCUT2D eigenvalue weighted by molar-refractivity contribution is 5.89. The van der Waals surface area contributed by atoms with Crippen LogP contribution in [0.15, 0.2) is 120 Å². The van der Waals surface area contributed by atoms with Crippen molar-refractivity contribution in [2.24, 2.45) is 5.73 Å². The Bertz CT molecular complexity index is 3560. The first-order chi connectivity index (χ1) is 45.9. The maximum Gasteiger partial charge on any atom is 0.412 e. The fourth-order valence-corrected chi connectivity index (χ4v) is 10.2. The Kier molecular flexibility index (Phi) is 34.7. The Labute approximate surface area is 563 Å². The largest absolute Gasteiger partial charge is 0.465 e. The number of aliphatic hydroxyl groups excluding tert-OH is 2. The number of pyridine rings is 4. The molecule has 5 saturated heterocycles. The molecule has 538 valence electrons. The van der Waals surface area contributed by atoms with Crippen molar-refractivity contribution in [2.75, 3.05) is 113 Å². The lowest BCUT2D eigenvalue weighted by atomic mass is 10.1. The summed E-state index contributed by atoms with van der Waals surface area (Å²) in [4.78, 5) is 117. The molecule has 0 spiro atoms. The van der Waals surface area contributed by atoms with Crippen molar-refractivity contribution in [3.63, 3.8) is 0 Å². The number of methoxy groups -OCH3 is 4. The zero-order valence-electron chi connectivity index (χ0n) is 55.1. The third-order valence-corrected chi connectivity index (χ3v) is 15.2. The first-order valence-corrected chi connectivity index (χ1v) is 30.4. The minimum Gasteiger partial charge on any atom is -0.465 e. The van der Waals surface area contributed by atoms with E-state index < -0.39 is 58.5 Å². The van der Waals surface area contributed by atoms with Crippen LogP contribution in [0.1, 0.15) is 108 Å². The lowest BCUT2D eigenvalue weighted by Crippen LogP contribution is -2.43. The molecule has 5 aromatic rings. The lowest BCUT2D eigenvalue weighted by molar-refractivity contribution is -0.216. The topological polar surface area (TPSA) is 431 Å². The van der Waals surface area contributed by atoms with E-state index in [1.165, 1.54) is 60.1 Å². The van der Waals surface area contributed by atoms with Crippen LogP contribution in [0.5, 0.6) is 0 Å². The molecule has 5 aromatic heterocycles. The smallest absolute Gasteiger partial charge is 0.412 e. The zero-order valence-corrected chi connectivity index (χ0v) is 55.9. The molecule has 0 unspecified atom stereocenters. The van der Waals surface area contributed by atoms with Crippen molar-refractivity contribution in [1.29, 1.82) is 0 Å². The summed E-state index contributed by atoms with van der Waals surface area (Å²) in [6.07, 6.45) is 8.69. The number of aromatic nitrogens is 4. The molecular weight excluding hydrogens is 1310 g/mol. The SMILES string of the molecule is COC(=O)c1cccoc1=O.COOC(=O)c1cccn([C@H]2CCOC[C@H]2O)c1=O.CO[C@@H]1COCC[C@@H]1n1cccc(C(=O)OO)c1=O.CO[C@@H]1COCC[C@@H]1n1cccc(N)c1=O.CO[C@@H]1COCC[C@@H]1n1cccc(NC(=O)OC(C)(C)C)c1=O.Cl.N[C@H]1COCC[C@H]1O. The van der Waals surface area contributed by atoms with Crippen molar-refractivity contribution < 1.29 is 101 Å². The second-order valence-corrected chi connectivity index (χ2v) is 22.6. The standard InChI is InChI=1S/C16H24N2O5.2C12H15NO6.C11H16N2O3.C7H6O4.C5H11NO2.ClH/c1-16(2,3)23-15(20)17-11-6-5-8-18(14(11)19)12-7-9-22-10-13(12)21-4;1-17-10-7-18-6-4-9(10)13-5-2-3-8(11(13)14)12(15)19-16;1-17-19-12(16)8-3-2-5-13(11(8)15)9-4-6-18-7-10(9)14;1-15-10-7-16-6-4-9(10)13-5-2-3-8(12)11(13)14;1-10-6(8)5-3-2-4-11-7(5)9;6-4-3-8-2-1-5(4)7;/h5-6,8,12-13H,7,9-10H2,1-4H3,(H,17,20);2-3,5,9-10,16H,4,6-7H2,1H3;2-3,5,9-10,14H,4,6-7H2,1H3;2-3,5,9-10H,4,6-7,12H2,1H3;2-4H,1H3;4-5,7H,1-3,6H2;1H/t12-,13+;3*9-,10+;;4-,5+;/m0000.0./s1. The average molecular weight is 1390 g/mol. The van der Waals surface area contributed by atoms with Gasteiger partial charge in [-0.1, -0.05) is 0 Å². The van der Waals surface area contributed by atoms with E-state index in [1.807, 2.05) is 0 Å². The second-order valence-electron chi connectivity index (χ2n) is 22.6. The van der Waals surface area contributed by atoms with Crippen LogP contribution in [0.25, 0.3) is 0 Å². The predicted molar refractivity (Wildman–Crippen MR) is 347 cm³/mol. The number of amides is 1. The molecule has 8 N–H and O–H groups in total. The van der Waals surface area contributed by atoms with Gasteiger partial charge in [0, 0.05) is 79.2 Å². The Hall–Kier alpha value is -8.00. The normalized spacial score (nSPS) is 22.7. The number of halogens is 1. The highest BCUT2D eigenvalue weighted by Crippen LogP contribution is 2.26. The van der Waals surface area contributed by atoms with Gasteiger partial charge in [-0.3, -0.25) is 34.3 Å². The zero-order chi connectivity index (χ0) is 70.5. The summed E-state index contributed by atoms with van der Waals surface area (Å²) < 4.78 is 62.0. The van der Waals surface area contributed by atoms with Gasteiger partial charge in [-0.2, -0.15) is 10.1 Å². The van der Waals surface area contributed by atoms with Gasteiger partial charge in [-0.15, -0.1) is 12.4 Å². The van der Waals surface area contributed by atoms with Crippen LogP contribution < -0.4 is 44.6 Å². The molecule has 5 aliphatic heterocycles. The summed E-state index contributed by atoms with van der Waals surface area (Å²) in [5, 5.41) is 29.7. The van der Waals surface area contributed by atoms with Crippen LogP contribution >= 0.6 is 12.4 Å². The number of hydrogen-bond acceptors (Lipinski definition) is 28. The first kappa shape index (κ1) is 81.4. The van der Waals surface area contributed by atoms with Gasteiger partial charge >= 0.3 is 29.6 Å². The van der Waals surface area contributed by atoms with E-state index in [1.54, 1.807) is 106 Å². The number of anilines is 2. The number of aliphatic hydroxyl groups is 2. The third-order valence-electron chi connectivity index (χ3n) is 15.2. The van der Waals surface area contributed by atoms with E-state index in [0.717, 1.165) is 6.42 Å². The minimum atomic E-state index is -1.07. The Morgan fingerprint density at radius 3 is 1.41 bits per heavy atom. The van der Waals surface area contributed by atoms with E-state index >= 15 is 0 Å². The van der Waals surface area contributed by atoms with E-state index in [0.29, 0.717) is 85.1 Å². The number of nitrogens with one attached hydrogen (secondary N) is 1. The van der Waals surface area contributed by atoms with E-state index in [-0.39, 0.29) is 107 Å². The number of esters is 1. The molecule has 5 fully saturated rings. The summed E-state index contributed by atoms with van der Waals surface area (Å²) in [6, 6.07) is 14.3. The molecule has 0 radical (unpaired) electrons. The van der Waals surface area contributed by atoms with Crippen molar-refractivity contribution in [3.8, 4) is 0 Å². The molecule has 10 heterocycles. The van der Waals surface area contributed by atoms with Gasteiger partial charge in [0.1, 0.15) is 46.3 Å². The lowest BCUT2D eigenvalue weighted by Gasteiger charge is -2.32. The van der Waals surface area contributed by atoms with Crippen LogP contribution in [0.4, 0.5) is 16.2 Å². The van der Waals surface area contributed by atoms with Crippen molar-refractivity contribution in [2.45, 2.75) is 119 Å². The number of carbonyl (C=O) groups excluding carboxylic acids is 4. The summed E-state index contributed by atoms with van der Waals surface area (Å²) >= 11 is 0. The van der Waals surface area contributed by atoms with Crippen molar-refractivity contribution >= 4 is 47.8 Å². The Morgan fingerprint density at radius 2 is 0.969 bits per heavy atom. The fourth-order valence-electron chi connectivity index (χ4n) is 10.2. The molecule has 34 heteroatoms. The Morgan fingerprint density at radius 1 is 0.536 bits per heavy atom. The quantitative estimate of drug-likeness (QED) is 0.0452. The molecule has 5 aliphatic rings. The van der Waals surface area contributed by atoms with E-state index in [2.05, 4.69) is 29.1 Å². The van der Waals surface area contributed by atoms with Gasteiger partial charge in [0.25, 0.3) is 22.2 Å². The average Bonchev–Trinajstić information content (AvgIpc) is 0.836. The van der Waals surface area contributed by atoms with Crippen LogP contribution in [-0.2, 0) is 62.0 Å². The van der Waals surface area contributed by atoms with E-state index in [9.17, 15) is 48.3 Å². The summed E-state index contributed by atoms with van der Waals surface area (Å²) in [5.74, 6) is -2.61. The van der Waals surface area contributed by atoms with E-state index in [4.69, 9.17) is 64.5 Å². The molecule has 0 saturated carbocycles. The van der Waals surface area contributed by atoms with Gasteiger partial charge in [0.05, 0.1) is 102 Å². The van der Waals surface area contributed by atoms with Crippen LogP contribution in [-0.4, -0.2) is 202 Å². The number of carbonyl (C=O) groups is 4. The molecule has 97 heavy (non-hydrogen) atoms. The van der Waals surface area contributed by atoms with Gasteiger partial charge in [0.15, 0.2) is 0 Å². The Balaban J connectivity index is 0.000000253. The molecule has 0 aliphatic carbocycles. The summed E-state index contributed by atoms with van der Waals surface area (Å²) in [7, 11) is 7.16. The molecule has 0 bridgehead atoms. The molecular formula is C63H88ClN7O26. The van der Waals surface area contributed by atoms with Gasteiger partial charge < -0.3 is 91.7 Å². The molecule has 10 rings (SSSR count). The fraction of sp³-hybridized carbons (Fsp3) is 0.540. The van der Waals surface area contributed by atoms with Crippen LogP contribution in [0.3, 0.4) is 0 Å². The summed E-state index contributed by atoms with van der Waals surface area (Å²) in [6.45, 7) is 10.2. The highest BCUT2D eigenvalue weighted by Gasteiger charge is 2.33. The third kappa shape index (κ3) is 24.2. The maximum atomic E-state index is 12.6. The minimum absolute atomic E-state index is 0. The summed E-state index contributed by atoms with van der Waals surface area (Å²) in [5.41, 5.74) is 8.24. The predicted octanol–water partition coefficient (Wildman–Crippen LogP) is 2.87. The number of rotatable bonds is 12. The molecule has 0 aromatic carbocycles. The maximum absolute atomic E-state index is 12.6. The van der Waals surface area contributed by atoms with Gasteiger partial charge in [-0.05, 0) is 114 Å². The number of nitrogens with two attached hydrogens (primary N) is 2. The number of nitrogens with zero attached hydrogens (tertiary/aromatic N) is 4.